The van der Waals surface area contributed by atoms with Crippen LogP contribution in [0.4, 0.5) is 0 Å². The molecule has 5 heteroatoms. The summed E-state index contributed by atoms with van der Waals surface area (Å²) < 4.78 is 2.02. The average Bonchev–Trinajstić information content (AvgIpc) is 2.65. The highest BCUT2D eigenvalue weighted by Gasteiger charge is 2.03. The lowest BCUT2D eigenvalue weighted by atomic mass is 10.3. The Morgan fingerprint density at radius 1 is 1.36 bits per heavy atom. The van der Waals surface area contributed by atoms with E-state index in [1.807, 2.05) is 37.0 Å². The molecule has 3 nitrogen and oxygen atoms in total. The van der Waals surface area contributed by atoms with Crippen molar-refractivity contribution >= 4 is 41.4 Å². The van der Waals surface area contributed by atoms with E-state index in [0.717, 1.165) is 16.7 Å². The summed E-state index contributed by atoms with van der Waals surface area (Å²) in [5.74, 6) is 0. The largest absolute Gasteiger partial charge is 0.266 e. The van der Waals surface area contributed by atoms with Gasteiger partial charge in [0.2, 0.25) is 0 Å². The lowest BCUT2D eigenvalue weighted by Gasteiger charge is -1.96. The highest BCUT2D eigenvalue weighted by Crippen LogP contribution is 2.23. The predicted octanol–water partition coefficient (Wildman–Crippen LogP) is 3.61. The van der Waals surface area contributed by atoms with Gasteiger partial charge in [0.15, 0.2) is 5.65 Å². The van der Waals surface area contributed by atoms with Gasteiger partial charge in [0.1, 0.15) is 6.33 Å². The fourth-order valence-corrected chi connectivity index (χ4v) is 2.38. The van der Waals surface area contributed by atoms with Crippen molar-refractivity contribution in [1.82, 2.24) is 13.9 Å². The quantitative estimate of drug-likeness (QED) is 0.752. The van der Waals surface area contributed by atoms with Crippen LogP contribution in [-0.4, -0.2) is 13.9 Å². The average molecular weight is 321 g/mol. The normalized spacial score (nSPS) is 9.71. The molecule has 0 amide bonds. The number of hydrogen-bond acceptors (Lipinski definition) is 3. The molecule has 0 aliphatic carbocycles. The Morgan fingerprint density at radius 2 is 2.07 bits per heavy atom. The zero-order valence-electron chi connectivity index (χ0n) is 8.36. The second-order valence-corrected chi connectivity index (χ2v) is 4.12. The maximum Gasteiger partial charge on any atom is 0.154 e. The van der Waals surface area contributed by atoms with Crippen molar-refractivity contribution in [3.63, 3.8) is 0 Å². The minimum absolute atomic E-state index is 0.988. The molecule has 0 aliphatic rings. The molecule has 0 bridgehead atoms. The van der Waals surface area contributed by atoms with Crippen LogP contribution in [0.2, 0.25) is 0 Å². The molecule has 14 heavy (non-hydrogen) atoms. The van der Waals surface area contributed by atoms with E-state index in [2.05, 4.69) is 31.2 Å². The zero-order chi connectivity index (χ0) is 10.6. The molecule has 2 heterocycles. The number of hydrogen-bond donors (Lipinski definition) is 0. The molecule has 2 aromatic heterocycles. The summed E-state index contributed by atoms with van der Waals surface area (Å²) in [5, 5.41) is 1.13. The van der Waals surface area contributed by atoms with E-state index >= 15 is 0 Å². The van der Waals surface area contributed by atoms with Gasteiger partial charge in [0.25, 0.3) is 0 Å². The van der Waals surface area contributed by atoms with Gasteiger partial charge in [0, 0.05) is 41.9 Å². The van der Waals surface area contributed by atoms with Crippen LogP contribution < -0.4 is 0 Å². The van der Waals surface area contributed by atoms with Crippen molar-refractivity contribution in [3.8, 4) is 0 Å². The number of fused-ring (bicyclic) bond motifs is 1. The summed E-state index contributed by atoms with van der Waals surface area (Å²) in [4.78, 5) is 8.32. The Balaban J connectivity index is 0.000000461. The number of rotatable bonds is 1. The monoisotopic (exact) mass is 321 g/mol. The second-order valence-electron chi connectivity index (χ2n) is 2.41. The van der Waals surface area contributed by atoms with E-state index in [1.165, 1.54) is 0 Å². The highest BCUT2D eigenvalue weighted by molar-refractivity contribution is 14.2. The van der Waals surface area contributed by atoms with Crippen molar-refractivity contribution in [2.45, 2.75) is 20.8 Å². The number of nitrogens with zero attached hydrogens (tertiary/aromatic N) is 3. The third-order valence-corrected chi connectivity index (χ3v) is 3.44. The maximum atomic E-state index is 4.20. The van der Waals surface area contributed by atoms with Crippen molar-refractivity contribution in [1.29, 1.82) is 0 Å². The Hall–Kier alpha value is -0.300. The summed E-state index contributed by atoms with van der Waals surface area (Å²) in [6, 6.07) is 2.04. The first-order chi connectivity index (χ1) is 6.83. The van der Waals surface area contributed by atoms with Crippen molar-refractivity contribution in [2.75, 3.05) is 0 Å². The molecule has 0 aliphatic heterocycles. The van der Waals surface area contributed by atoms with Gasteiger partial charge in [0.05, 0.1) is 5.69 Å². The molecule has 0 radical (unpaired) electrons. The van der Waals surface area contributed by atoms with Crippen LogP contribution in [0.1, 0.15) is 19.5 Å². The van der Waals surface area contributed by atoms with Crippen molar-refractivity contribution < 1.29 is 0 Å². The molecule has 0 spiro atoms. The van der Waals surface area contributed by atoms with Gasteiger partial charge in [-0.3, -0.25) is 3.97 Å². The minimum Gasteiger partial charge on any atom is -0.266 e. The van der Waals surface area contributed by atoms with E-state index in [1.54, 1.807) is 15.4 Å². The van der Waals surface area contributed by atoms with Gasteiger partial charge in [-0.05, 0) is 13.0 Å². The molecule has 2 aromatic rings. The topological polar surface area (TPSA) is 30.7 Å². The van der Waals surface area contributed by atoms with Gasteiger partial charge in [-0.1, -0.05) is 13.8 Å². The van der Waals surface area contributed by atoms with Gasteiger partial charge in [-0.15, -0.1) is 0 Å². The van der Waals surface area contributed by atoms with Crippen LogP contribution in [0.3, 0.4) is 0 Å². The van der Waals surface area contributed by atoms with Crippen LogP contribution in [0, 0.1) is 6.92 Å². The molecule has 0 aromatic carbocycles. The lowest BCUT2D eigenvalue weighted by Crippen LogP contribution is -1.87. The fraction of sp³-hybridized carbons (Fsp3) is 0.333. The summed E-state index contributed by atoms with van der Waals surface area (Å²) in [6.07, 6.45) is 3.60. The van der Waals surface area contributed by atoms with Crippen molar-refractivity contribution in [2.24, 2.45) is 0 Å². The first-order valence-corrected chi connectivity index (χ1v) is 7.72. The number of aromatic nitrogens is 3. The van der Waals surface area contributed by atoms with Crippen molar-refractivity contribution in [3.05, 3.63) is 24.3 Å². The third kappa shape index (κ3) is 2.20. The standard InChI is InChI=1S/C7H6IN3S.C2H6/c1-5-6-2-3-11(12-8)7(6)10-4-9-5;1-2/h2-4H,1H3;1-2H3. The summed E-state index contributed by atoms with van der Waals surface area (Å²) in [7, 11) is 1.61. The first-order valence-electron chi connectivity index (χ1n) is 4.40. The van der Waals surface area contributed by atoms with Crippen LogP contribution in [-0.2, 0) is 0 Å². The first kappa shape index (κ1) is 11.8. The second kappa shape index (κ2) is 5.55. The molecule has 0 N–H and O–H groups in total. The smallest absolute Gasteiger partial charge is 0.154 e. The Kier molecular flexibility index (Phi) is 4.67. The van der Waals surface area contributed by atoms with Crippen LogP contribution in [0.25, 0.3) is 11.0 Å². The summed E-state index contributed by atoms with van der Waals surface area (Å²) in [5.41, 5.74) is 2.02. The molecule has 0 fully saturated rings. The van der Waals surface area contributed by atoms with Gasteiger partial charge < -0.3 is 0 Å². The van der Waals surface area contributed by atoms with Crippen LogP contribution in [0.5, 0.6) is 0 Å². The molecule has 2 rings (SSSR count). The maximum absolute atomic E-state index is 4.20. The molecule has 0 atom stereocenters. The van der Waals surface area contributed by atoms with Crippen LogP contribution >= 0.6 is 30.3 Å². The molecule has 0 unspecified atom stereocenters. The summed E-state index contributed by atoms with van der Waals surface area (Å²) >= 11 is 2.23. The number of halogens is 1. The van der Waals surface area contributed by atoms with Gasteiger partial charge in [-0.2, -0.15) is 0 Å². The van der Waals surface area contributed by atoms with E-state index < -0.39 is 0 Å². The Bertz CT molecular complexity index is 413. The van der Waals surface area contributed by atoms with Gasteiger partial charge >= 0.3 is 0 Å². The molecule has 76 valence electrons. The molecule has 0 saturated carbocycles. The Labute approximate surface area is 100 Å². The molecular formula is C9H12IN3S. The minimum atomic E-state index is 0.988. The lowest BCUT2D eigenvalue weighted by molar-refractivity contribution is 1.13. The van der Waals surface area contributed by atoms with E-state index in [0.29, 0.717) is 0 Å². The molecule has 0 saturated heterocycles. The fourth-order valence-electron chi connectivity index (χ4n) is 1.11. The zero-order valence-corrected chi connectivity index (χ0v) is 11.3. The third-order valence-electron chi connectivity index (χ3n) is 1.72. The van der Waals surface area contributed by atoms with Crippen LogP contribution in [0.15, 0.2) is 18.6 Å². The van der Waals surface area contributed by atoms with E-state index in [4.69, 9.17) is 0 Å². The predicted molar refractivity (Wildman–Crippen MR) is 70.6 cm³/mol. The SMILES string of the molecule is CC.Cc1ncnc2c1ccn2SI. The van der Waals surface area contributed by atoms with Gasteiger partial charge in [-0.25, -0.2) is 9.97 Å². The van der Waals surface area contributed by atoms with E-state index in [9.17, 15) is 0 Å². The summed E-state index contributed by atoms with van der Waals surface area (Å²) in [6.45, 7) is 5.99. The van der Waals surface area contributed by atoms with E-state index in [-0.39, 0.29) is 0 Å². The molecular weight excluding hydrogens is 309 g/mol. The highest BCUT2D eigenvalue weighted by atomic mass is 127. The Morgan fingerprint density at radius 3 is 2.71 bits per heavy atom. The number of aryl methyl sites for hydroxylation is 1.